The van der Waals surface area contributed by atoms with Crippen LogP contribution in [0, 0.1) is 10.1 Å². The van der Waals surface area contributed by atoms with Gasteiger partial charge in [0.25, 0.3) is 5.69 Å². The lowest BCUT2D eigenvalue weighted by Crippen LogP contribution is -1.95. The third kappa shape index (κ3) is 2.37. The molecule has 0 heterocycles. The predicted molar refractivity (Wildman–Crippen MR) is 82.1 cm³/mol. The van der Waals surface area contributed by atoms with Gasteiger partial charge in [0, 0.05) is 35.3 Å². The second-order valence-corrected chi connectivity index (χ2v) is 5.01. The molecule has 2 aromatic carbocycles. The van der Waals surface area contributed by atoms with Crippen molar-refractivity contribution in [2.45, 2.75) is 6.42 Å². The van der Waals surface area contributed by atoms with Gasteiger partial charge in [-0.1, -0.05) is 12.1 Å². The Balaban J connectivity index is 1.94. The fourth-order valence-electron chi connectivity index (χ4n) is 2.61. The van der Waals surface area contributed by atoms with E-state index in [1.54, 1.807) is 37.5 Å². The van der Waals surface area contributed by atoms with E-state index in [2.05, 4.69) is 0 Å². The number of benzene rings is 2. The van der Waals surface area contributed by atoms with Crippen LogP contribution in [0.15, 0.2) is 48.0 Å². The van der Waals surface area contributed by atoms with Crippen LogP contribution in [0.4, 0.5) is 5.69 Å². The van der Waals surface area contributed by atoms with Crippen molar-refractivity contribution in [3.05, 3.63) is 74.8 Å². The van der Waals surface area contributed by atoms with E-state index in [4.69, 9.17) is 4.74 Å². The number of ketones is 1. The minimum Gasteiger partial charge on any atom is -0.496 e. The van der Waals surface area contributed by atoms with Crippen LogP contribution in [-0.4, -0.2) is 17.8 Å². The van der Waals surface area contributed by atoms with Crippen LogP contribution >= 0.6 is 0 Å². The summed E-state index contributed by atoms with van der Waals surface area (Å²) in [5.74, 6) is 0.685. The molecule has 22 heavy (non-hydrogen) atoms. The van der Waals surface area contributed by atoms with Crippen molar-refractivity contribution in [1.29, 1.82) is 0 Å². The molecule has 5 nitrogen and oxygen atoms in total. The van der Waals surface area contributed by atoms with E-state index in [-0.39, 0.29) is 11.5 Å². The van der Waals surface area contributed by atoms with Gasteiger partial charge in [-0.2, -0.15) is 0 Å². The van der Waals surface area contributed by atoms with Crippen molar-refractivity contribution < 1.29 is 14.5 Å². The minimum absolute atomic E-state index is 0.0211. The number of allylic oxidation sites excluding steroid dienone is 1. The van der Waals surface area contributed by atoms with E-state index in [0.717, 1.165) is 11.1 Å². The van der Waals surface area contributed by atoms with E-state index in [0.29, 0.717) is 23.3 Å². The molecule has 0 amide bonds. The first-order valence-electron chi connectivity index (χ1n) is 6.76. The first-order chi connectivity index (χ1) is 10.6. The Bertz CT molecular complexity index is 791. The van der Waals surface area contributed by atoms with Crippen LogP contribution in [0.5, 0.6) is 5.75 Å². The molecule has 110 valence electrons. The van der Waals surface area contributed by atoms with Crippen molar-refractivity contribution in [3.8, 4) is 5.75 Å². The summed E-state index contributed by atoms with van der Waals surface area (Å²) in [6, 6.07) is 11.6. The van der Waals surface area contributed by atoms with E-state index >= 15 is 0 Å². The Labute approximate surface area is 127 Å². The smallest absolute Gasteiger partial charge is 0.269 e. The zero-order valence-electron chi connectivity index (χ0n) is 11.9. The Hall–Kier alpha value is -2.95. The highest BCUT2D eigenvalue weighted by Crippen LogP contribution is 2.34. The van der Waals surface area contributed by atoms with E-state index in [1.165, 1.54) is 12.1 Å². The molecule has 1 aliphatic carbocycles. The lowest BCUT2D eigenvalue weighted by Gasteiger charge is -2.04. The molecule has 0 fully saturated rings. The monoisotopic (exact) mass is 295 g/mol. The number of hydrogen-bond donors (Lipinski definition) is 0. The number of nitrogens with zero attached hydrogens (tertiary/aromatic N) is 1. The summed E-state index contributed by atoms with van der Waals surface area (Å²) in [7, 11) is 1.58. The summed E-state index contributed by atoms with van der Waals surface area (Å²) in [5.41, 5.74) is 3.01. The number of carbonyl (C=O) groups is 1. The number of carbonyl (C=O) groups excluding carboxylic acids is 1. The molecule has 0 bridgehead atoms. The molecule has 0 atom stereocenters. The molecule has 3 rings (SSSR count). The largest absolute Gasteiger partial charge is 0.496 e. The highest BCUT2D eigenvalue weighted by molar-refractivity contribution is 6.16. The Morgan fingerprint density at radius 2 is 1.91 bits per heavy atom. The number of nitro benzene ring substituents is 1. The SMILES string of the molecule is COc1cccc2c1CC(=Cc1ccc([N+](=O)[O-])cc1)C2=O. The highest BCUT2D eigenvalue weighted by Gasteiger charge is 2.27. The Kier molecular flexibility index (Phi) is 3.47. The van der Waals surface area contributed by atoms with Gasteiger partial charge < -0.3 is 4.74 Å². The van der Waals surface area contributed by atoms with Gasteiger partial charge in [0.15, 0.2) is 5.78 Å². The summed E-state index contributed by atoms with van der Waals surface area (Å²) in [4.78, 5) is 22.6. The first kappa shape index (κ1) is 14.0. The van der Waals surface area contributed by atoms with Gasteiger partial charge in [-0.3, -0.25) is 14.9 Å². The summed E-state index contributed by atoms with van der Waals surface area (Å²) in [6.07, 6.45) is 2.28. The number of hydrogen-bond acceptors (Lipinski definition) is 4. The zero-order chi connectivity index (χ0) is 15.7. The minimum atomic E-state index is -0.446. The molecule has 0 radical (unpaired) electrons. The van der Waals surface area contributed by atoms with Crippen molar-refractivity contribution >= 4 is 17.5 Å². The molecule has 5 heteroatoms. The van der Waals surface area contributed by atoms with Crippen molar-refractivity contribution in [2.75, 3.05) is 7.11 Å². The summed E-state index contributed by atoms with van der Waals surface area (Å²) in [5, 5.41) is 10.7. The van der Waals surface area contributed by atoms with Crippen LogP contribution < -0.4 is 4.74 Å². The van der Waals surface area contributed by atoms with E-state index in [1.807, 2.05) is 6.07 Å². The molecule has 1 aliphatic rings. The first-order valence-corrected chi connectivity index (χ1v) is 6.76. The fraction of sp³-hybridized carbons (Fsp3) is 0.118. The normalized spacial score (nSPS) is 15.0. The topological polar surface area (TPSA) is 69.4 Å². The lowest BCUT2D eigenvalue weighted by atomic mass is 10.1. The van der Waals surface area contributed by atoms with Gasteiger partial charge in [-0.25, -0.2) is 0 Å². The average Bonchev–Trinajstić information content (AvgIpc) is 2.84. The number of ether oxygens (including phenoxy) is 1. The maximum absolute atomic E-state index is 12.4. The molecule has 2 aromatic rings. The molecular formula is C17H13NO4. The maximum atomic E-state index is 12.4. The molecule has 0 saturated carbocycles. The molecule has 0 N–H and O–H groups in total. The van der Waals surface area contributed by atoms with Crippen LogP contribution in [0.1, 0.15) is 21.5 Å². The number of methoxy groups -OCH3 is 1. The third-order valence-corrected chi connectivity index (χ3v) is 3.70. The van der Waals surface area contributed by atoms with Gasteiger partial charge in [0.1, 0.15) is 5.75 Å². The number of rotatable bonds is 3. The Morgan fingerprint density at radius 3 is 2.55 bits per heavy atom. The predicted octanol–water partition coefficient (Wildman–Crippen LogP) is 3.43. The van der Waals surface area contributed by atoms with Crippen molar-refractivity contribution in [1.82, 2.24) is 0 Å². The molecular weight excluding hydrogens is 282 g/mol. The number of fused-ring (bicyclic) bond motifs is 1. The number of non-ortho nitro benzene ring substituents is 1. The zero-order valence-corrected chi connectivity index (χ0v) is 11.9. The lowest BCUT2D eigenvalue weighted by molar-refractivity contribution is -0.384. The summed E-state index contributed by atoms with van der Waals surface area (Å²) < 4.78 is 5.29. The van der Waals surface area contributed by atoms with Gasteiger partial charge >= 0.3 is 0 Å². The quantitative estimate of drug-likeness (QED) is 0.494. The van der Waals surface area contributed by atoms with E-state index < -0.39 is 4.92 Å². The van der Waals surface area contributed by atoms with Gasteiger partial charge in [0.2, 0.25) is 0 Å². The van der Waals surface area contributed by atoms with Crippen LogP contribution in [0.25, 0.3) is 6.08 Å². The molecule has 0 aliphatic heterocycles. The van der Waals surface area contributed by atoms with Gasteiger partial charge in [0.05, 0.1) is 12.0 Å². The second-order valence-electron chi connectivity index (χ2n) is 5.01. The van der Waals surface area contributed by atoms with E-state index in [9.17, 15) is 14.9 Å². The van der Waals surface area contributed by atoms with Crippen molar-refractivity contribution in [3.63, 3.8) is 0 Å². The number of Topliss-reactive ketones (excluding diaryl/α,β-unsaturated/α-hetero) is 1. The van der Waals surface area contributed by atoms with Crippen LogP contribution in [0.2, 0.25) is 0 Å². The highest BCUT2D eigenvalue weighted by atomic mass is 16.6. The maximum Gasteiger partial charge on any atom is 0.269 e. The molecule has 0 aromatic heterocycles. The molecule has 0 unspecified atom stereocenters. The van der Waals surface area contributed by atoms with Crippen molar-refractivity contribution in [2.24, 2.45) is 0 Å². The number of nitro groups is 1. The molecule has 0 saturated heterocycles. The van der Waals surface area contributed by atoms with Crippen LogP contribution in [0.3, 0.4) is 0 Å². The Morgan fingerprint density at radius 1 is 1.18 bits per heavy atom. The third-order valence-electron chi connectivity index (χ3n) is 3.70. The standard InChI is InChI=1S/C17H13NO4/c1-22-16-4-2-3-14-15(16)10-12(17(14)19)9-11-5-7-13(8-6-11)18(20)21/h2-9H,10H2,1H3. The van der Waals surface area contributed by atoms with Crippen LogP contribution in [-0.2, 0) is 6.42 Å². The van der Waals surface area contributed by atoms with Gasteiger partial charge in [-0.05, 0) is 29.8 Å². The summed E-state index contributed by atoms with van der Waals surface area (Å²) in [6.45, 7) is 0. The second kappa shape index (κ2) is 5.44. The fourth-order valence-corrected chi connectivity index (χ4v) is 2.61. The van der Waals surface area contributed by atoms with Gasteiger partial charge in [-0.15, -0.1) is 0 Å². The average molecular weight is 295 g/mol. The molecule has 0 spiro atoms. The summed E-state index contributed by atoms with van der Waals surface area (Å²) >= 11 is 0.